The molecule has 0 unspecified atom stereocenters. The van der Waals surface area contributed by atoms with Gasteiger partial charge in [-0.1, -0.05) is 11.3 Å². The van der Waals surface area contributed by atoms with Gasteiger partial charge >= 0.3 is 0 Å². The third kappa shape index (κ3) is 2.71. The first-order valence-corrected chi connectivity index (χ1v) is 7.18. The predicted molar refractivity (Wildman–Crippen MR) is 73.1 cm³/mol. The van der Waals surface area contributed by atoms with Gasteiger partial charge in [0.25, 0.3) is 5.91 Å². The normalized spacial score (nSPS) is 16.2. The highest BCUT2D eigenvalue weighted by Crippen LogP contribution is 2.19. The van der Waals surface area contributed by atoms with Crippen LogP contribution in [-0.4, -0.2) is 45.4 Å². The van der Waals surface area contributed by atoms with Gasteiger partial charge in [-0.15, -0.1) is 0 Å². The van der Waals surface area contributed by atoms with Crippen LogP contribution in [0.25, 0.3) is 10.3 Å². The molecule has 0 atom stereocenters. The first-order chi connectivity index (χ1) is 9.22. The average Bonchev–Trinajstić information content (AvgIpc) is 3.04. The van der Waals surface area contributed by atoms with Gasteiger partial charge in [0.1, 0.15) is 16.2 Å². The number of hydrogen-bond acceptors (Lipinski definition) is 6. The molecule has 1 aliphatic rings. The maximum absolute atomic E-state index is 11.1. The number of amides is 1. The van der Waals surface area contributed by atoms with Gasteiger partial charge < -0.3 is 10.6 Å². The van der Waals surface area contributed by atoms with Crippen molar-refractivity contribution in [1.82, 2.24) is 19.9 Å². The van der Waals surface area contributed by atoms with Crippen LogP contribution in [0.3, 0.4) is 0 Å². The van der Waals surface area contributed by atoms with Crippen molar-refractivity contribution in [1.29, 1.82) is 0 Å². The second kappa shape index (κ2) is 5.18. The molecule has 19 heavy (non-hydrogen) atoms. The summed E-state index contributed by atoms with van der Waals surface area (Å²) >= 11 is 1.23. The zero-order chi connectivity index (χ0) is 13.2. The summed E-state index contributed by atoms with van der Waals surface area (Å²) in [5.41, 5.74) is 5.85. The van der Waals surface area contributed by atoms with Crippen LogP contribution in [0.15, 0.2) is 6.20 Å². The van der Waals surface area contributed by atoms with Crippen molar-refractivity contribution in [2.45, 2.75) is 19.3 Å². The Hall–Kier alpha value is -1.60. The minimum Gasteiger partial charge on any atom is -0.364 e. The van der Waals surface area contributed by atoms with Crippen molar-refractivity contribution in [3.8, 4) is 0 Å². The molecular formula is C12H15N5OS. The topological polar surface area (TPSA) is 85.0 Å². The number of nitrogens with two attached hydrogens (primary N) is 1. The van der Waals surface area contributed by atoms with E-state index in [1.165, 1.54) is 37.3 Å². The molecule has 1 fully saturated rings. The number of fused-ring (bicyclic) bond motifs is 1. The summed E-state index contributed by atoms with van der Waals surface area (Å²) in [6, 6.07) is 0. The lowest BCUT2D eigenvalue weighted by Gasteiger charge is -2.12. The van der Waals surface area contributed by atoms with E-state index in [-0.39, 0.29) is 0 Å². The minimum absolute atomic E-state index is 0.293. The van der Waals surface area contributed by atoms with Gasteiger partial charge in [-0.3, -0.25) is 4.79 Å². The molecule has 1 aliphatic heterocycles. The van der Waals surface area contributed by atoms with Crippen LogP contribution in [0.4, 0.5) is 0 Å². The number of aromatic nitrogens is 3. The van der Waals surface area contributed by atoms with Crippen LogP contribution in [0.2, 0.25) is 0 Å². The second-order valence-electron chi connectivity index (χ2n) is 4.66. The molecule has 3 heterocycles. The van der Waals surface area contributed by atoms with E-state index in [4.69, 9.17) is 5.73 Å². The summed E-state index contributed by atoms with van der Waals surface area (Å²) in [5, 5.41) is 0.293. The monoisotopic (exact) mass is 277 g/mol. The molecule has 7 heteroatoms. The van der Waals surface area contributed by atoms with Crippen LogP contribution >= 0.6 is 11.3 Å². The molecule has 1 amide bonds. The second-order valence-corrected chi connectivity index (χ2v) is 5.64. The Balaban J connectivity index is 1.74. The molecule has 2 N–H and O–H groups in total. The summed E-state index contributed by atoms with van der Waals surface area (Å²) in [6.45, 7) is 3.34. The van der Waals surface area contributed by atoms with Crippen molar-refractivity contribution < 1.29 is 4.79 Å². The number of likely N-dealkylation sites (tertiary alicyclic amines) is 1. The molecule has 0 spiro atoms. The predicted octanol–water partition coefficient (Wildman–Crippen LogP) is 0.823. The van der Waals surface area contributed by atoms with Crippen molar-refractivity contribution in [2.75, 3.05) is 19.6 Å². The molecule has 6 nitrogen and oxygen atoms in total. The molecule has 0 radical (unpaired) electrons. The van der Waals surface area contributed by atoms with Crippen molar-refractivity contribution >= 4 is 27.6 Å². The highest BCUT2D eigenvalue weighted by atomic mass is 32.1. The number of primary amides is 1. The number of thiazole rings is 1. The molecule has 3 rings (SSSR count). The van der Waals surface area contributed by atoms with Gasteiger partial charge in [0.05, 0.1) is 6.20 Å². The Morgan fingerprint density at radius 3 is 2.89 bits per heavy atom. The van der Waals surface area contributed by atoms with Gasteiger partial charge in [-0.2, -0.15) is 0 Å². The zero-order valence-corrected chi connectivity index (χ0v) is 11.3. The lowest BCUT2D eigenvalue weighted by atomic mass is 10.3. The molecular weight excluding hydrogens is 262 g/mol. The number of nitrogens with zero attached hydrogens (tertiary/aromatic N) is 4. The van der Waals surface area contributed by atoms with Crippen molar-refractivity contribution in [3.05, 3.63) is 17.0 Å². The summed E-state index contributed by atoms with van der Waals surface area (Å²) < 4.78 is 0. The van der Waals surface area contributed by atoms with E-state index in [0.29, 0.717) is 10.5 Å². The smallest absolute Gasteiger partial charge is 0.277 e. The van der Waals surface area contributed by atoms with Crippen LogP contribution < -0.4 is 5.73 Å². The fourth-order valence-electron chi connectivity index (χ4n) is 2.26. The summed E-state index contributed by atoms with van der Waals surface area (Å²) in [7, 11) is 0. The molecule has 1 saturated heterocycles. The standard InChI is InChI=1S/C12H15N5OS/c13-10(18)12-15-8-7-14-9(16-11(8)19-12)3-6-17-4-1-2-5-17/h7H,1-6H2,(H2,13,18). The third-order valence-corrected chi connectivity index (χ3v) is 4.24. The van der Waals surface area contributed by atoms with Crippen LogP contribution in [0, 0.1) is 0 Å². The quantitative estimate of drug-likeness (QED) is 0.894. The lowest BCUT2D eigenvalue weighted by molar-refractivity contribution is 0.1000. The Morgan fingerprint density at radius 1 is 1.37 bits per heavy atom. The van der Waals surface area contributed by atoms with Crippen LogP contribution in [0.5, 0.6) is 0 Å². The van der Waals surface area contributed by atoms with Gasteiger partial charge in [-0.25, -0.2) is 15.0 Å². The van der Waals surface area contributed by atoms with E-state index in [9.17, 15) is 4.79 Å². The number of carbonyl (C=O) groups excluding carboxylic acids is 1. The maximum atomic E-state index is 11.1. The van der Waals surface area contributed by atoms with E-state index in [0.717, 1.165) is 23.6 Å². The van der Waals surface area contributed by atoms with Gasteiger partial charge in [0.2, 0.25) is 0 Å². The van der Waals surface area contributed by atoms with E-state index >= 15 is 0 Å². The number of rotatable bonds is 4. The van der Waals surface area contributed by atoms with E-state index in [1.807, 2.05) is 0 Å². The van der Waals surface area contributed by atoms with Crippen LogP contribution in [0.1, 0.15) is 28.5 Å². The summed E-state index contributed by atoms with van der Waals surface area (Å²) in [6.07, 6.45) is 5.08. The molecule has 0 aliphatic carbocycles. The third-order valence-electron chi connectivity index (χ3n) is 3.26. The molecule has 0 aromatic carbocycles. The average molecular weight is 277 g/mol. The number of carbonyl (C=O) groups is 1. The fourth-order valence-corrected chi connectivity index (χ4v) is 3.04. The first-order valence-electron chi connectivity index (χ1n) is 6.37. The molecule has 0 bridgehead atoms. The molecule has 2 aromatic rings. The van der Waals surface area contributed by atoms with E-state index in [1.54, 1.807) is 6.20 Å². The zero-order valence-electron chi connectivity index (χ0n) is 10.5. The summed E-state index contributed by atoms with van der Waals surface area (Å²) in [4.78, 5) is 27.1. The van der Waals surface area contributed by atoms with E-state index < -0.39 is 5.91 Å². The Bertz CT molecular complexity index is 605. The number of hydrogen-bond donors (Lipinski definition) is 1. The molecule has 2 aromatic heterocycles. The largest absolute Gasteiger partial charge is 0.364 e. The summed E-state index contributed by atoms with van der Waals surface area (Å²) in [5.74, 6) is 0.292. The van der Waals surface area contributed by atoms with Crippen LogP contribution in [-0.2, 0) is 6.42 Å². The Kier molecular flexibility index (Phi) is 3.39. The maximum Gasteiger partial charge on any atom is 0.277 e. The SMILES string of the molecule is NC(=O)c1nc2cnc(CCN3CCCC3)nc2s1. The lowest BCUT2D eigenvalue weighted by Crippen LogP contribution is -2.22. The molecule has 0 saturated carbocycles. The Morgan fingerprint density at radius 2 is 2.16 bits per heavy atom. The highest BCUT2D eigenvalue weighted by molar-refractivity contribution is 7.19. The van der Waals surface area contributed by atoms with Crippen molar-refractivity contribution in [2.24, 2.45) is 5.73 Å². The first kappa shape index (κ1) is 12.4. The van der Waals surface area contributed by atoms with Gasteiger partial charge in [-0.05, 0) is 25.9 Å². The highest BCUT2D eigenvalue weighted by Gasteiger charge is 2.13. The van der Waals surface area contributed by atoms with Crippen molar-refractivity contribution in [3.63, 3.8) is 0 Å². The van der Waals surface area contributed by atoms with Gasteiger partial charge in [0.15, 0.2) is 5.01 Å². The molecule has 100 valence electrons. The fraction of sp³-hybridized carbons (Fsp3) is 0.500. The minimum atomic E-state index is -0.512. The van der Waals surface area contributed by atoms with E-state index in [2.05, 4.69) is 19.9 Å². The Labute approximate surface area is 114 Å². The van der Waals surface area contributed by atoms with Gasteiger partial charge in [0, 0.05) is 13.0 Å².